The van der Waals surface area contributed by atoms with Crippen LogP contribution >= 0.6 is 0 Å². The summed E-state index contributed by atoms with van der Waals surface area (Å²) in [6.07, 6.45) is -0.986. The Balaban J connectivity index is 1.67. The van der Waals surface area contributed by atoms with Crippen LogP contribution in [-0.2, 0) is 45.1 Å². The number of amides is 1. The fourth-order valence-electron chi connectivity index (χ4n) is 7.16. The lowest BCUT2D eigenvalue weighted by molar-refractivity contribution is -0.240. The van der Waals surface area contributed by atoms with Crippen molar-refractivity contribution >= 4 is 6.09 Å². The van der Waals surface area contributed by atoms with E-state index in [0.717, 1.165) is 28.7 Å². The molecule has 0 aliphatic carbocycles. The van der Waals surface area contributed by atoms with Gasteiger partial charge in [0.1, 0.15) is 17.2 Å². The molecule has 0 saturated carbocycles. The van der Waals surface area contributed by atoms with Gasteiger partial charge in [-0.05, 0) is 74.9 Å². The normalized spacial score (nSPS) is 18.5. The summed E-state index contributed by atoms with van der Waals surface area (Å²) in [4.78, 5) is 18.6. The molecule has 0 spiro atoms. The third-order valence-corrected chi connectivity index (χ3v) is 10.0. The summed E-state index contributed by atoms with van der Waals surface area (Å²) in [5.41, 5.74) is 2.28. The molecule has 4 aromatic rings. The zero-order valence-electron chi connectivity index (χ0n) is 35.2. The van der Waals surface area contributed by atoms with E-state index in [0.29, 0.717) is 31.9 Å². The van der Waals surface area contributed by atoms with Gasteiger partial charge in [0, 0.05) is 30.6 Å². The van der Waals surface area contributed by atoms with Crippen LogP contribution in [0.25, 0.3) is 0 Å². The Hall–Kier alpha value is -4.35. The molecule has 8 nitrogen and oxygen atoms in total. The topological polar surface area (TPSA) is 69.7 Å². The first-order valence-corrected chi connectivity index (χ1v) is 20.5. The van der Waals surface area contributed by atoms with Crippen molar-refractivity contribution < 1.29 is 37.3 Å². The maximum absolute atomic E-state index is 15.5. The number of halogens is 2. The van der Waals surface area contributed by atoms with Crippen molar-refractivity contribution in [2.24, 2.45) is 5.41 Å². The van der Waals surface area contributed by atoms with E-state index in [-0.39, 0.29) is 19.8 Å². The Labute approximate surface area is 344 Å². The number of alkyl halides is 1. The second kappa shape index (κ2) is 21.1. The molecule has 0 bridgehead atoms. The highest BCUT2D eigenvalue weighted by Crippen LogP contribution is 2.33. The number of morpholine rings is 1. The van der Waals surface area contributed by atoms with Gasteiger partial charge < -0.3 is 23.7 Å². The van der Waals surface area contributed by atoms with Gasteiger partial charge in [0.15, 0.2) is 6.29 Å². The van der Waals surface area contributed by atoms with Crippen molar-refractivity contribution in [1.82, 2.24) is 9.80 Å². The maximum Gasteiger partial charge on any atom is 0.411 e. The largest absolute Gasteiger partial charge is 0.493 e. The SMILES string of the molecule is CCCOc1cc(F)cc(CC(C(OCc2ccccc2)C2COC(OCC(C)(C)CF)C(C)N2C(=O)OC(C)(C)C)N(Cc2ccccc2)Cc2ccccc2)c1. The van der Waals surface area contributed by atoms with Crippen molar-refractivity contribution in [2.75, 3.05) is 26.5 Å². The minimum atomic E-state index is -0.853. The van der Waals surface area contributed by atoms with Gasteiger partial charge in [0.25, 0.3) is 0 Å². The number of hydrogen-bond acceptors (Lipinski definition) is 7. The van der Waals surface area contributed by atoms with Crippen molar-refractivity contribution in [3.05, 3.63) is 137 Å². The predicted octanol–water partition coefficient (Wildman–Crippen LogP) is 10.2. The van der Waals surface area contributed by atoms with E-state index in [1.807, 2.05) is 107 Å². The number of benzene rings is 4. The first-order chi connectivity index (χ1) is 27.7. The third kappa shape index (κ3) is 13.3. The second-order valence-electron chi connectivity index (χ2n) is 17.1. The summed E-state index contributed by atoms with van der Waals surface area (Å²) in [7, 11) is 0. The van der Waals surface area contributed by atoms with Crippen LogP contribution in [0.1, 0.15) is 77.1 Å². The van der Waals surface area contributed by atoms with Gasteiger partial charge >= 0.3 is 6.09 Å². The number of hydrogen-bond donors (Lipinski definition) is 0. The molecule has 0 N–H and O–H groups in total. The minimum absolute atomic E-state index is 0.0405. The van der Waals surface area contributed by atoms with E-state index < -0.39 is 60.1 Å². The van der Waals surface area contributed by atoms with E-state index in [4.69, 9.17) is 23.7 Å². The predicted molar refractivity (Wildman–Crippen MR) is 224 cm³/mol. The second-order valence-corrected chi connectivity index (χ2v) is 17.1. The van der Waals surface area contributed by atoms with Gasteiger partial charge in [0.05, 0.1) is 51.3 Å². The van der Waals surface area contributed by atoms with Crippen molar-refractivity contribution in [2.45, 2.75) is 117 Å². The lowest BCUT2D eigenvalue weighted by Gasteiger charge is -2.50. The molecule has 5 rings (SSSR count). The molecule has 1 fully saturated rings. The number of ether oxygens (including phenoxy) is 5. The Morgan fingerprint density at radius 2 is 1.45 bits per heavy atom. The maximum atomic E-state index is 15.5. The van der Waals surface area contributed by atoms with Crippen molar-refractivity contribution in [1.29, 1.82) is 0 Å². The summed E-state index contributed by atoms with van der Waals surface area (Å²) in [5, 5.41) is 0. The molecule has 1 amide bonds. The molecular formula is C48H62F2N2O6. The van der Waals surface area contributed by atoms with Crippen molar-refractivity contribution in [3.8, 4) is 5.75 Å². The molecule has 58 heavy (non-hydrogen) atoms. The molecule has 5 unspecified atom stereocenters. The Morgan fingerprint density at radius 3 is 2.00 bits per heavy atom. The van der Waals surface area contributed by atoms with Gasteiger partial charge in [-0.2, -0.15) is 0 Å². The van der Waals surface area contributed by atoms with Gasteiger partial charge in [-0.3, -0.25) is 14.2 Å². The average molecular weight is 801 g/mol. The Morgan fingerprint density at radius 1 is 0.862 bits per heavy atom. The lowest BCUT2D eigenvalue weighted by atomic mass is 9.91. The molecule has 1 aliphatic heterocycles. The van der Waals surface area contributed by atoms with Crippen LogP contribution in [-0.4, -0.2) is 78.5 Å². The van der Waals surface area contributed by atoms with Gasteiger partial charge in [-0.1, -0.05) is 112 Å². The highest BCUT2D eigenvalue weighted by atomic mass is 19.1. The molecule has 4 aromatic carbocycles. The molecule has 1 aliphatic rings. The van der Waals surface area contributed by atoms with Crippen LogP contribution in [0.5, 0.6) is 5.75 Å². The number of carbonyl (C=O) groups excluding carboxylic acids is 1. The van der Waals surface area contributed by atoms with E-state index in [9.17, 15) is 9.18 Å². The van der Waals surface area contributed by atoms with Crippen molar-refractivity contribution in [3.63, 3.8) is 0 Å². The number of nitrogens with zero attached hydrogens (tertiary/aromatic N) is 2. The summed E-state index contributed by atoms with van der Waals surface area (Å²) >= 11 is 0. The van der Waals surface area contributed by atoms with E-state index in [1.165, 1.54) is 6.07 Å². The van der Waals surface area contributed by atoms with Gasteiger partial charge in [0.2, 0.25) is 0 Å². The average Bonchev–Trinajstić information content (AvgIpc) is 3.19. The highest BCUT2D eigenvalue weighted by Gasteiger charge is 2.48. The number of rotatable bonds is 19. The minimum Gasteiger partial charge on any atom is -0.493 e. The zero-order valence-corrected chi connectivity index (χ0v) is 35.2. The van der Waals surface area contributed by atoms with E-state index >= 15 is 4.39 Å². The number of carbonyl (C=O) groups is 1. The van der Waals surface area contributed by atoms with E-state index in [2.05, 4.69) is 29.2 Å². The Bertz CT molecular complexity index is 1780. The summed E-state index contributed by atoms with van der Waals surface area (Å²) < 4.78 is 61.3. The molecule has 5 atom stereocenters. The fraction of sp³-hybridized carbons (Fsp3) is 0.479. The molecule has 1 heterocycles. The molecule has 314 valence electrons. The molecule has 1 saturated heterocycles. The van der Waals surface area contributed by atoms with Crippen LogP contribution in [0.4, 0.5) is 13.6 Å². The molecule has 10 heteroatoms. The highest BCUT2D eigenvalue weighted by molar-refractivity contribution is 5.69. The van der Waals surface area contributed by atoms with Crippen LogP contribution in [0.15, 0.2) is 109 Å². The standard InChI is InChI=1S/C48H62F2N2O6/c1-8-24-54-41-26-39(25-40(50)28-41)27-42(51(29-36-18-12-9-13-19-36)30-37-20-14-10-15-21-37)44(55-31-38-22-16-11-17-23-38)43-32-56-45(57-34-48(6,7)33-49)35(2)52(43)46(53)58-47(3,4)5/h9-23,25-26,28,35,42-45H,8,24,27,29-34H2,1-7H3. The summed E-state index contributed by atoms with van der Waals surface area (Å²) in [6.45, 7) is 14.2. The van der Waals surface area contributed by atoms with Crippen LogP contribution in [0, 0.1) is 11.2 Å². The monoisotopic (exact) mass is 800 g/mol. The van der Waals surface area contributed by atoms with Crippen LogP contribution < -0.4 is 4.74 Å². The van der Waals surface area contributed by atoms with Crippen LogP contribution in [0.3, 0.4) is 0 Å². The van der Waals surface area contributed by atoms with Gasteiger partial charge in [-0.15, -0.1) is 0 Å². The summed E-state index contributed by atoms with van der Waals surface area (Å²) in [5.74, 6) is 0.0548. The third-order valence-electron chi connectivity index (χ3n) is 10.0. The van der Waals surface area contributed by atoms with Crippen LogP contribution in [0.2, 0.25) is 0 Å². The Kier molecular flexibility index (Phi) is 16.3. The zero-order chi connectivity index (χ0) is 41.7. The van der Waals surface area contributed by atoms with Gasteiger partial charge in [-0.25, -0.2) is 9.18 Å². The smallest absolute Gasteiger partial charge is 0.411 e. The quantitative estimate of drug-likeness (QED) is 0.0936. The first-order valence-electron chi connectivity index (χ1n) is 20.5. The first kappa shape index (κ1) is 44.7. The molecule has 0 radical (unpaired) electrons. The summed E-state index contributed by atoms with van der Waals surface area (Å²) in [6, 6.07) is 33.4. The van der Waals surface area contributed by atoms with E-state index in [1.54, 1.807) is 24.8 Å². The molecular weight excluding hydrogens is 739 g/mol. The fourth-order valence-corrected chi connectivity index (χ4v) is 7.16. The molecule has 0 aromatic heterocycles. The lowest BCUT2D eigenvalue weighted by Crippen LogP contribution is -2.66.